The highest BCUT2D eigenvalue weighted by Crippen LogP contribution is 2.31. The first-order valence-corrected chi connectivity index (χ1v) is 8.91. The summed E-state index contributed by atoms with van der Waals surface area (Å²) in [6, 6.07) is 12.4. The number of benzene rings is 2. The Hall–Kier alpha value is -2.54. The molecule has 26 heavy (non-hydrogen) atoms. The molecule has 6 heteroatoms. The van der Waals surface area contributed by atoms with Crippen LogP contribution in [0.15, 0.2) is 42.5 Å². The van der Waals surface area contributed by atoms with Crippen molar-refractivity contribution in [1.29, 1.82) is 0 Å². The standard InChI is InChI=1S/C20H24N4O2/c21-8-9-22-10-11-23-12-13-24-17-7-3-6-16-18(17)20(26)15-5-2-1-4-14(15)19(16)25/h1-7,22-24H,8-13,21H2. The Labute approximate surface area is 153 Å². The van der Waals surface area contributed by atoms with Gasteiger partial charge in [-0.25, -0.2) is 0 Å². The van der Waals surface area contributed by atoms with Crippen molar-refractivity contribution < 1.29 is 9.59 Å². The van der Waals surface area contributed by atoms with Crippen LogP contribution >= 0.6 is 0 Å². The molecule has 1 aliphatic carbocycles. The quantitative estimate of drug-likeness (QED) is 0.429. The van der Waals surface area contributed by atoms with Crippen molar-refractivity contribution in [2.24, 2.45) is 5.73 Å². The maximum absolute atomic E-state index is 12.9. The minimum atomic E-state index is -0.0998. The Kier molecular flexibility index (Phi) is 6.12. The molecule has 0 saturated heterocycles. The fourth-order valence-electron chi connectivity index (χ4n) is 3.11. The van der Waals surface area contributed by atoms with E-state index in [-0.39, 0.29) is 11.6 Å². The monoisotopic (exact) mass is 352 g/mol. The molecule has 0 aromatic heterocycles. The molecule has 6 nitrogen and oxygen atoms in total. The Morgan fingerprint density at radius 2 is 1.31 bits per heavy atom. The van der Waals surface area contributed by atoms with Crippen molar-refractivity contribution >= 4 is 17.3 Å². The summed E-state index contributed by atoms with van der Waals surface area (Å²) < 4.78 is 0. The third-order valence-corrected chi connectivity index (χ3v) is 4.37. The second-order valence-electron chi connectivity index (χ2n) is 6.15. The number of hydrogen-bond acceptors (Lipinski definition) is 6. The topological polar surface area (TPSA) is 96.2 Å². The zero-order valence-electron chi connectivity index (χ0n) is 14.7. The maximum atomic E-state index is 12.9. The molecule has 0 unspecified atom stereocenters. The summed E-state index contributed by atoms with van der Waals surface area (Å²) in [5.74, 6) is -0.194. The highest BCUT2D eigenvalue weighted by Gasteiger charge is 2.31. The summed E-state index contributed by atoms with van der Waals surface area (Å²) in [7, 11) is 0. The van der Waals surface area contributed by atoms with Crippen molar-refractivity contribution in [1.82, 2.24) is 10.6 Å². The SMILES string of the molecule is NCCNCCNCCNc1cccc2c1C(=O)c1ccccc1C2=O. The second-order valence-corrected chi connectivity index (χ2v) is 6.15. The highest BCUT2D eigenvalue weighted by atomic mass is 16.1. The summed E-state index contributed by atoms with van der Waals surface area (Å²) in [5.41, 5.74) is 8.02. The predicted molar refractivity (Wildman–Crippen MR) is 103 cm³/mol. The van der Waals surface area contributed by atoms with Gasteiger partial charge >= 0.3 is 0 Å². The number of nitrogens with one attached hydrogen (secondary N) is 3. The first kappa shape index (κ1) is 18.3. The van der Waals surface area contributed by atoms with Crippen LogP contribution in [-0.2, 0) is 0 Å². The van der Waals surface area contributed by atoms with E-state index in [1.807, 2.05) is 12.1 Å². The molecule has 2 aromatic rings. The van der Waals surface area contributed by atoms with Gasteiger partial charge in [0, 0.05) is 61.6 Å². The lowest BCUT2D eigenvalue weighted by molar-refractivity contribution is 0.0979. The summed E-state index contributed by atoms with van der Waals surface area (Å²) in [5, 5.41) is 9.81. The predicted octanol–water partition coefficient (Wildman–Crippen LogP) is 1.01. The van der Waals surface area contributed by atoms with Crippen LogP contribution in [0.3, 0.4) is 0 Å². The van der Waals surface area contributed by atoms with Gasteiger partial charge in [0.15, 0.2) is 11.6 Å². The van der Waals surface area contributed by atoms with Crippen LogP contribution in [0.5, 0.6) is 0 Å². The summed E-state index contributed by atoms with van der Waals surface area (Å²) in [4.78, 5) is 25.6. The molecule has 1 aliphatic rings. The van der Waals surface area contributed by atoms with Gasteiger partial charge in [-0.1, -0.05) is 36.4 Å². The number of fused-ring (bicyclic) bond motifs is 2. The van der Waals surface area contributed by atoms with E-state index in [0.29, 0.717) is 41.0 Å². The Morgan fingerprint density at radius 1 is 0.692 bits per heavy atom. The van der Waals surface area contributed by atoms with E-state index in [0.717, 1.165) is 26.2 Å². The van der Waals surface area contributed by atoms with E-state index in [1.54, 1.807) is 30.3 Å². The third kappa shape index (κ3) is 3.83. The minimum Gasteiger partial charge on any atom is -0.383 e. The largest absolute Gasteiger partial charge is 0.383 e. The summed E-state index contributed by atoms with van der Waals surface area (Å²) in [6.45, 7) is 4.58. The van der Waals surface area contributed by atoms with Gasteiger partial charge in [-0.15, -0.1) is 0 Å². The van der Waals surface area contributed by atoms with Gasteiger partial charge in [0.05, 0.1) is 5.56 Å². The molecule has 0 radical (unpaired) electrons. The summed E-state index contributed by atoms with van der Waals surface area (Å²) >= 11 is 0. The molecule has 0 aliphatic heterocycles. The Balaban J connectivity index is 1.64. The average molecular weight is 352 g/mol. The van der Waals surface area contributed by atoms with E-state index in [2.05, 4.69) is 16.0 Å². The lowest BCUT2D eigenvalue weighted by Gasteiger charge is -2.20. The van der Waals surface area contributed by atoms with E-state index >= 15 is 0 Å². The first-order chi connectivity index (χ1) is 12.7. The molecular weight excluding hydrogens is 328 g/mol. The van der Waals surface area contributed by atoms with Gasteiger partial charge in [0.25, 0.3) is 0 Å². The molecular formula is C20H24N4O2. The lowest BCUT2D eigenvalue weighted by Crippen LogP contribution is -2.33. The van der Waals surface area contributed by atoms with Crippen molar-refractivity contribution in [3.8, 4) is 0 Å². The van der Waals surface area contributed by atoms with E-state index in [1.165, 1.54) is 0 Å². The fourth-order valence-corrected chi connectivity index (χ4v) is 3.11. The number of anilines is 1. The van der Waals surface area contributed by atoms with Crippen LogP contribution in [0.1, 0.15) is 31.8 Å². The minimum absolute atomic E-state index is 0.0945. The van der Waals surface area contributed by atoms with Gasteiger partial charge in [0.1, 0.15) is 0 Å². The highest BCUT2D eigenvalue weighted by molar-refractivity contribution is 6.30. The molecule has 0 saturated carbocycles. The number of rotatable bonds is 9. The van der Waals surface area contributed by atoms with Gasteiger partial charge in [-0.05, 0) is 6.07 Å². The molecule has 0 atom stereocenters. The van der Waals surface area contributed by atoms with Gasteiger partial charge in [0.2, 0.25) is 0 Å². The molecule has 3 rings (SSSR count). The molecule has 0 spiro atoms. The normalized spacial score (nSPS) is 12.7. The van der Waals surface area contributed by atoms with Crippen molar-refractivity contribution in [2.75, 3.05) is 44.6 Å². The first-order valence-electron chi connectivity index (χ1n) is 8.91. The Bertz CT molecular complexity index is 804. The number of carbonyl (C=O) groups is 2. The summed E-state index contributed by atoms with van der Waals surface area (Å²) in [6.07, 6.45) is 0. The van der Waals surface area contributed by atoms with Gasteiger partial charge in [-0.3, -0.25) is 9.59 Å². The average Bonchev–Trinajstić information content (AvgIpc) is 2.68. The van der Waals surface area contributed by atoms with Gasteiger partial charge < -0.3 is 21.7 Å². The van der Waals surface area contributed by atoms with Crippen molar-refractivity contribution in [3.63, 3.8) is 0 Å². The van der Waals surface area contributed by atoms with Gasteiger partial charge in [-0.2, -0.15) is 0 Å². The molecule has 2 aromatic carbocycles. The van der Waals surface area contributed by atoms with Crippen LogP contribution < -0.4 is 21.7 Å². The zero-order valence-corrected chi connectivity index (χ0v) is 14.7. The fraction of sp³-hybridized carbons (Fsp3) is 0.300. The molecule has 0 bridgehead atoms. The molecule has 0 heterocycles. The number of nitrogens with two attached hydrogens (primary N) is 1. The van der Waals surface area contributed by atoms with Crippen LogP contribution in [-0.4, -0.2) is 50.8 Å². The van der Waals surface area contributed by atoms with Crippen molar-refractivity contribution in [3.05, 3.63) is 64.7 Å². The third-order valence-electron chi connectivity index (χ3n) is 4.37. The van der Waals surface area contributed by atoms with E-state index in [4.69, 9.17) is 5.73 Å². The van der Waals surface area contributed by atoms with Crippen molar-refractivity contribution in [2.45, 2.75) is 0 Å². The van der Waals surface area contributed by atoms with Crippen LogP contribution in [0.4, 0.5) is 5.69 Å². The van der Waals surface area contributed by atoms with E-state index < -0.39 is 0 Å². The van der Waals surface area contributed by atoms with Crippen LogP contribution in [0.25, 0.3) is 0 Å². The molecule has 136 valence electrons. The van der Waals surface area contributed by atoms with E-state index in [9.17, 15) is 9.59 Å². The molecule has 0 fully saturated rings. The number of ketones is 2. The number of carbonyl (C=O) groups excluding carboxylic acids is 2. The number of hydrogen-bond donors (Lipinski definition) is 4. The lowest BCUT2D eigenvalue weighted by atomic mass is 9.83. The smallest absolute Gasteiger partial charge is 0.196 e. The van der Waals surface area contributed by atoms with Crippen LogP contribution in [0.2, 0.25) is 0 Å². The maximum Gasteiger partial charge on any atom is 0.196 e. The Morgan fingerprint density at radius 3 is 2.04 bits per heavy atom. The molecule has 0 amide bonds. The zero-order chi connectivity index (χ0) is 18.4. The van der Waals surface area contributed by atoms with Crippen LogP contribution in [0, 0.1) is 0 Å². The second kappa shape index (κ2) is 8.71. The molecule has 5 N–H and O–H groups in total.